The molecule has 20 heavy (non-hydrogen) atoms. The van der Waals surface area contributed by atoms with Crippen molar-refractivity contribution in [2.24, 2.45) is 0 Å². The summed E-state index contributed by atoms with van der Waals surface area (Å²) < 4.78 is 0. The van der Waals surface area contributed by atoms with Gasteiger partial charge in [-0.1, -0.05) is 65.3 Å². The Morgan fingerprint density at radius 1 is 1.00 bits per heavy atom. The second kappa shape index (κ2) is 5.24. The van der Waals surface area contributed by atoms with Gasteiger partial charge in [-0.3, -0.25) is 0 Å². The Morgan fingerprint density at radius 2 is 1.55 bits per heavy atom. The molecular weight excluding hydrogens is 287 g/mol. The minimum atomic E-state index is -0.482. The molecule has 0 unspecified atom stereocenters. The summed E-state index contributed by atoms with van der Waals surface area (Å²) in [6.45, 7) is 13.7. The molecule has 108 valence electrons. The van der Waals surface area contributed by atoms with Crippen molar-refractivity contribution in [3.05, 3.63) is 29.4 Å². The highest BCUT2D eigenvalue weighted by Gasteiger charge is 2.42. The lowest BCUT2D eigenvalue weighted by molar-refractivity contribution is -0.321. The van der Waals surface area contributed by atoms with Crippen LogP contribution in [0.4, 0.5) is 0 Å². The molecule has 0 radical (unpaired) electrons. The van der Waals surface area contributed by atoms with Gasteiger partial charge in [0.1, 0.15) is 5.52 Å². The lowest BCUT2D eigenvalue weighted by Crippen LogP contribution is -2.40. The van der Waals surface area contributed by atoms with E-state index in [1.165, 1.54) is 0 Å². The Hall–Kier alpha value is -0.720. The second-order valence-electron chi connectivity index (χ2n) is 7.07. The van der Waals surface area contributed by atoms with Crippen LogP contribution in [0.5, 0.6) is 0 Å². The molecule has 0 amide bonds. The number of H-pyrrole nitrogens is 1. The third kappa shape index (κ3) is 3.13. The van der Waals surface area contributed by atoms with E-state index in [9.17, 15) is 0 Å². The number of hydrogen-bond acceptors (Lipinski definition) is 1. The predicted octanol–water partition coefficient (Wildman–Crippen LogP) is 4.41. The van der Waals surface area contributed by atoms with E-state index in [1.807, 2.05) is 18.2 Å². The molecule has 4 heteroatoms. The number of nitrogens with one attached hydrogen (secondary N) is 1. The normalized spacial score (nSPS) is 13.2. The van der Waals surface area contributed by atoms with Gasteiger partial charge < -0.3 is 0 Å². The first kappa shape index (κ1) is 15.7. The van der Waals surface area contributed by atoms with Crippen LogP contribution in [0.25, 0.3) is 11.0 Å². The van der Waals surface area contributed by atoms with Crippen LogP contribution in [0, 0.1) is 0 Å². The standard InChI is InChI=1S/C16H22ClN2P/c1-15(2,3)20(16(4,5)6)14-13(17)18-11-9-7-8-10-12(11)19-14/h7-10H,1-6H3/p+1. The van der Waals surface area contributed by atoms with Gasteiger partial charge in [0.05, 0.1) is 0 Å². The molecule has 0 aliphatic carbocycles. The summed E-state index contributed by atoms with van der Waals surface area (Å²) in [5.41, 5.74) is 3.06. The zero-order chi connectivity index (χ0) is 15.1. The molecule has 2 aromatic rings. The minimum absolute atomic E-state index is 0.165. The van der Waals surface area contributed by atoms with Gasteiger partial charge in [-0.05, 0) is 16.4 Å². The van der Waals surface area contributed by atoms with Crippen molar-refractivity contribution in [3.8, 4) is 0 Å². The largest absolute Gasteiger partial charge is 0.239 e. The summed E-state index contributed by atoms with van der Waals surface area (Å²) >= 11 is 6.48. The molecule has 0 atom stereocenters. The maximum Gasteiger partial charge on any atom is 0.239 e. The molecule has 1 N–H and O–H groups in total. The monoisotopic (exact) mass is 309 g/mol. The molecule has 0 fully saturated rings. The number of hydrogen-bond donors (Lipinski definition) is 0. The van der Waals surface area contributed by atoms with Gasteiger partial charge in [0.15, 0.2) is 0 Å². The molecule has 2 nitrogen and oxygen atoms in total. The zero-order valence-corrected chi connectivity index (χ0v) is 14.7. The third-order valence-electron chi connectivity index (χ3n) is 3.14. The van der Waals surface area contributed by atoms with Crippen molar-refractivity contribution >= 4 is 36.0 Å². The lowest BCUT2D eigenvalue weighted by atomic mass is 10.2. The Labute approximate surface area is 127 Å². The van der Waals surface area contributed by atoms with Gasteiger partial charge in [0.2, 0.25) is 16.1 Å². The number of halogens is 1. The van der Waals surface area contributed by atoms with Crippen LogP contribution < -0.4 is 10.4 Å². The Bertz CT molecular complexity index is 612. The number of benzene rings is 1. The molecular formula is C16H23ClN2P+. The summed E-state index contributed by atoms with van der Waals surface area (Å²) in [6.07, 6.45) is 0. The van der Waals surface area contributed by atoms with E-state index in [4.69, 9.17) is 11.6 Å². The fraction of sp³-hybridized carbons (Fsp3) is 0.500. The van der Waals surface area contributed by atoms with E-state index < -0.39 is 7.92 Å². The summed E-state index contributed by atoms with van der Waals surface area (Å²) in [5, 5.41) is 0.940. The van der Waals surface area contributed by atoms with Crippen molar-refractivity contribution in [1.29, 1.82) is 0 Å². The maximum absolute atomic E-state index is 6.48. The van der Waals surface area contributed by atoms with Crippen molar-refractivity contribution in [3.63, 3.8) is 0 Å². The van der Waals surface area contributed by atoms with Crippen LogP contribution in [-0.4, -0.2) is 15.3 Å². The van der Waals surface area contributed by atoms with E-state index in [0.29, 0.717) is 5.15 Å². The van der Waals surface area contributed by atoms with Crippen LogP contribution in [0.15, 0.2) is 24.3 Å². The minimum Gasteiger partial charge on any atom is -0.223 e. The van der Waals surface area contributed by atoms with Crippen LogP contribution in [0.2, 0.25) is 5.15 Å². The SMILES string of the molecule is CC(C)(C)P(c1[nH+]c2ccccc2nc1Cl)C(C)(C)C. The molecule has 0 spiro atoms. The van der Waals surface area contributed by atoms with Crippen molar-refractivity contribution < 1.29 is 4.98 Å². The molecule has 1 heterocycles. The topological polar surface area (TPSA) is 27.0 Å². The lowest BCUT2D eigenvalue weighted by Gasteiger charge is -2.38. The van der Waals surface area contributed by atoms with Gasteiger partial charge in [-0.25, -0.2) is 9.97 Å². The highest BCUT2D eigenvalue weighted by Crippen LogP contribution is 2.58. The maximum atomic E-state index is 6.48. The Kier molecular flexibility index (Phi) is 4.10. The van der Waals surface area contributed by atoms with Gasteiger partial charge in [0.25, 0.3) is 0 Å². The van der Waals surface area contributed by atoms with E-state index in [-0.39, 0.29) is 10.3 Å². The first-order chi connectivity index (χ1) is 9.10. The summed E-state index contributed by atoms with van der Waals surface area (Å²) in [6, 6.07) is 8.04. The van der Waals surface area contributed by atoms with Crippen molar-refractivity contribution in [1.82, 2.24) is 4.98 Å². The second-order valence-corrected chi connectivity index (χ2v) is 11.2. The quantitative estimate of drug-likeness (QED) is 0.717. The van der Waals surface area contributed by atoms with E-state index >= 15 is 0 Å². The van der Waals surface area contributed by atoms with Gasteiger partial charge in [-0.15, -0.1) is 0 Å². The molecule has 0 saturated carbocycles. The van der Waals surface area contributed by atoms with Crippen LogP contribution in [0.3, 0.4) is 0 Å². The molecule has 0 aliphatic rings. The predicted molar refractivity (Wildman–Crippen MR) is 89.4 cm³/mol. The average molecular weight is 310 g/mol. The molecule has 2 rings (SSSR count). The molecule has 1 aromatic carbocycles. The van der Waals surface area contributed by atoms with Crippen molar-refractivity contribution in [2.75, 3.05) is 0 Å². The Morgan fingerprint density at radius 3 is 2.10 bits per heavy atom. The van der Waals surface area contributed by atoms with E-state index in [0.717, 1.165) is 16.5 Å². The first-order valence-corrected chi connectivity index (χ1v) is 8.60. The number of aromatic amines is 1. The van der Waals surface area contributed by atoms with Gasteiger partial charge in [-0.2, -0.15) is 0 Å². The van der Waals surface area contributed by atoms with Gasteiger partial charge in [0, 0.05) is 14.0 Å². The van der Waals surface area contributed by atoms with Gasteiger partial charge >= 0.3 is 0 Å². The molecule has 1 aromatic heterocycles. The smallest absolute Gasteiger partial charge is 0.223 e. The third-order valence-corrected chi connectivity index (χ3v) is 7.00. The number of rotatable bonds is 1. The van der Waals surface area contributed by atoms with Crippen LogP contribution in [0.1, 0.15) is 41.5 Å². The number of para-hydroxylation sites is 2. The fourth-order valence-corrected chi connectivity index (χ4v) is 7.05. The first-order valence-electron chi connectivity index (χ1n) is 6.88. The van der Waals surface area contributed by atoms with Crippen LogP contribution in [-0.2, 0) is 0 Å². The highest BCUT2D eigenvalue weighted by molar-refractivity contribution is 7.68. The average Bonchev–Trinajstić information content (AvgIpc) is 2.26. The molecule has 0 aliphatic heterocycles. The summed E-state index contributed by atoms with van der Waals surface area (Å²) in [7, 11) is -0.482. The molecule has 0 saturated heterocycles. The van der Waals surface area contributed by atoms with E-state index in [1.54, 1.807) is 0 Å². The summed E-state index contributed by atoms with van der Waals surface area (Å²) in [5.74, 6) is 0. The fourth-order valence-electron chi connectivity index (χ4n) is 2.84. The van der Waals surface area contributed by atoms with Crippen molar-refractivity contribution in [2.45, 2.75) is 51.9 Å². The zero-order valence-electron chi connectivity index (χ0n) is 13.1. The van der Waals surface area contributed by atoms with E-state index in [2.05, 4.69) is 57.6 Å². The number of nitrogens with zero attached hydrogens (tertiary/aromatic N) is 1. The van der Waals surface area contributed by atoms with Crippen LogP contribution >= 0.6 is 19.5 Å². The number of aromatic nitrogens is 2. The summed E-state index contributed by atoms with van der Waals surface area (Å²) in [4.78, 5) is 8.12. The number of fused-ring (bicyclic) bond motifs is 1. The highest BCUT2D eigenvalue weighted by atomic mass is 35.5. The molecule has 0 bridgehead atoms. The Balaban J connectivity index is 2.68.